The van der Waals surface area contributed by atoms with Crippen molar-refractivity contribution in [2.45, 2.75) is 22.1 Å². The lowest BCUT2D eigenvalue weighted by atomic mass is 10.2. The molecule has 1 amide bonds. The number of carbonyl (C=O) groups excluding carboxylic acids is 1. The standard InChI is InChI=1S/C18H20F2N2OS2/c1-22(11-13-3-7-15(24-2)8-4-13)12-17(23)21-14-5-9-16(10-6-14)25-18(19)20/h3-10,18H,11-12H2,1-2H3,(H,21,23). The molecule has 0 fully saturated rings. The van der Waals surface area contributed by atoms with Crippen molar-refractivity contribution in [3.05, 3.63) is 54.1 Å². The first-order valence-electron chi connectivity index (χ1n) is 7.62. The fourth-order valence-electron chi connectivity index (χ4n) is 2.26. The Morgan fingerprint density at radius 1 is 1.08 bits per heavy atom. The highest BCUT2D eigenvalue weighted by Crippen LogP contribution is 2.26. The first kappa shape index (κ1) is 19.8. The average molecular weight is 383 g/mol. The summed E-state index contributed by atoms with van der Waals surface area (Å²) in [5.74, 6) is -2.59. The molecule has 2 rings (SSSR count). The topological polar surface area (TPSA) is 32.3 Å². The molecule has 3 nitrogen and oxygen atoms in total. The number of carbonyl (C=O) groups is 1. The minimum absolute atomic E-state index is 0.141. The second-order valence-electron chi connectivity index (χ2n) is 5.47. The van der Waals surface area contributed by atoms with Crippen molar-refractivity contribution in [1.29, 1.82) is 0 Å². The van der Waals surface area contributed by atoms with E-state index in [1.165, 1.54) is 4.90 Å². The van der Waals surface area contributed by atoms with Gasteiger partial charge in [0.15, 0.2) is 0 Å². The van der Waals surface area contributed by atoms with E-state index in [0.29, 0.717) is 28.9 Å². The number of rotatable bonds is 8. The van der Waals surface area contributed by atoms with Crippen LogP contribution in [0.25, 0.3) is 0 Å². The van der Waals surface area contributed by atoms with Crippen LogP contribution in [0.5, 0.6) is 0 Å². The molecule has 0 saturated carbocycles. The number of halogens is 2. The number of thioether (sulfide) groups is 2. The number of hydrogen-bond acceptors (Lipinski definition) is 4. The molecule has 0 aliphatic rings. The largest absolute Gasteiger partial charge is 0.325 e. The van der Waals surface area contributed by atoms with Crippen LogP contribution in [0.2, 0.25) is 0 Å². The molecule has 0 heterocycles. The third-order valence-corrected chi connectivity index (χ3v) is 4.85. The van der Waals surface area contributed by atoms with E-state index in [9.17, 15) is 13.6 Å². The zero-order valence-corrected chi connectivity index (χ0v) is 15.7. The number of nitrogens with one attached hydrogen (secondary N) is 1. The highest BCUT2D eigenvalue weighted by Gasteiger charge is 2.09. The number of benzene rings is 2. The normalized spacial score (nSPS) is 11.1. The van der Waals surface area contributed by atoms with Crippen LogP contribution >= 0.6 is 23.5 Å². The maximum absolute atomic E-state index is 12.3. The molecule has 0 aliphatic heterocycles. The summed E-state index contributed by atoms with van der Waals surface area (Å²) in [6.45, 7) is 0.920. The second-order valence-corrected chi connectivity index (χ2v) is 7.41. The monoisotopic (exact) mass is 382 g/mol. The number of amides is 1. The zero-order chi connectivity index (χ0) is 18.2. The van der Waals surface area contributed by atoms with Crippen molar-refractivity contribution in [2.75, 3.05) is 25.2 Å². The molecule has 0 aromatic heterocycles. The molecule has 0 spiro atoms. The van der Waals surface area contributed by atoms with Crippen molar-refractivity contribution in [2.24, 2.45) is 0 Å². The molecule has 0 unspecified atom stereocenters. The smallest absolute Gasteiger partial charge is 0.288 e. The van der Waals surface area contributed by atoms with E-state index in [0.717, 1.165) is 5.56 Å². The van der Waals surface area contributed by atoms with E-state index in [1.54, 1.807) is 36.0 Å². The van der Waals surface area contributed by atoms with E-state index in [-0.39, 0.29) is 12.5 Å². The lowest BCUT2D eigenvalue weighted by molar-refractivity contribution is -0.117. The van der Waals surface area contributed by atoms with Crippen LogP contribution in [0.3, 0.4) is 0 Å². The van der Waals surface area contributed by atoms with Crippen LogP contribution in [0.15, 0.2) is 58.3 Å². The Bertz CT molecular complexity index is 678. The van der Waals surface area contributed by atoms with Crippen molar-refractivity contribution < 1.29 is 13.6 Å². The predicted octanol–water partition coefficient (Wildman–Crippen LogP) is 4.79. The predicted molar refractivity (Wildman–Crippen MR) is 101 cm³/mol. The van der Waals surface area contributed by atoms with Crippen LogP contribution in [0.1, 0.15) is 5.56 Å². The van der Waals surface area contributed by atoms with Crippen molar-refractivity contribution >= 4 is 35.1 Å². The second kappa shape index (κ2) is 9.79. The summed E-state index contributed by atoms with van der Waals surface area (Å²) in [7, 11) is 1.88. The van der Waals surface area contributed by atoms with Gasteiger partial charge in [-0.2, -0.15) is 8.78 Å². The molecule has 1 N–H and O–H groups in total. The third kappa shape index (κ3) is 7.05. The van der Waals surface area contributed by atoms with Crippen molar-refractivity contribution in [3.63, 3.8) is 0 Å². The van der Waals surface area contributed by atoms with E-state index in [2.05, 4.69) is 29.6 Å². The highest BCUT2D eigenvalue weighted by molar-refractivity contribution is 7.99. The number of hydrogen-bond donors (Lipinski definition) is 1. The maximum Gasteiger partial charge on any atom is 0.288 e. The van der Waals surface area contributed by atoms with Gasteiger partial charge >= 0.3 is 0 Å². The van der Waals surface area contributed by atoms with Gasteiger partial charge in [0.1, 0.15) is 0 Å². The first-order chi connectivity index (χ1) is 12.0. The van der Waals surface area contributed by atoms with Gasteiger partial charge in [0.25, 0.3) is 5.76 Å². The van der Waals surface area contributed by atoms with Crippen LogP contribution < -0.4 is 5.32 Å². The summed E-state index contributed by atoms with van der Waals surface area (Å²) in [5.41, 5.74) is 1.74. The average Bonchev–Trinajstić information content (AvgIpc) is 2.56. The quantitative estimate of drug-likeness (QED) is 0.665. The Hall–Kier alpha value is -1.57. The molecule has 0 bridgehead atoms. The molecular weight excluding hydrogens is 362 g/mol. The summed E-state index contributed by atoms with van der Waals surface area (Å²) >= 11 is 2.18. The SMILES string of the molecule is CSc1ccc(CN(C)CC(=O)Nc2ccc(SC(F)F)cc2)cc1. The zero-order valence-electron chi connectivity index (χ0n) is 14.0. The van der Waals surface area contributed by atoms with E-state index >= 15 is 0 Å². The summed E-state index contributed by atoms with van der Waals surface area (Å²) in [5, 5.41) is 2.78. The Morgan fingerprint density at radius 2 is 1.68 bits per heavy atom. The fraction of sp³-hybridized carbons (Fsp3) is 0.278. The summed E-state index contributed by atoms with van der Waals surface area (Å²) < 4.78 is 24.6. The van der Waals surface area contributed by atoms with Crippen LogP contribution in [0, 0.1) is 0 Å². The minimum atomic E-state index is -2.45. The molecule has 0 radical (unpaired) electrons. The molecule has 7 heteroatoms. The molecular formula is C18H20F2N2OS2. The van der Waals surface area contributed by atoms with Crippen molar-refractivity contribution in [3.8, 4) is 0 Å². The lowest BCUT2D eigenvalue weighted by Gasteiger charge is -2.16. The van der Waals surface area contributed by atoms with E-state index < -0.39 is 5.76 Å². The van der Waals surface area contributed by atoms with Crippen LogP contribution in [-0.2, 0) is 11.3 Å². The number of likely N-dealkylation sites (N-methyl/N-ethyl adjacent to an activating group) is 1. The molecule has 2 aromatic rings. The Balaban J connectivity index is 1.82. The van der Waals surface area contributed by atoms with Gasteiger partial charge in [-0.25, -0.2) is 0 Å². The lowest BCUT2D eigenvalue weighted by Crippen LogP contribution is -2.29. The highest BCUT2D eigenvalue weighted by atomic mass is 32.2. The van der Waals surface area contributed by atoms with Gasteiger partial charge < -0.3 is 5.32 Å². The van der Waals surface area contributed by atoms with Gasteiger partial charge in [-0.15, -0.1) is 11.8 Å². The molecule has 0 saturated heterocycles. The molecule has 2 aromatic carbocycles. The number of alkyl halides is 2. The third-order valence-electron chi connectivity index (χ3n) is 3.39. The van der Waals surface area contributed by atoms with Gasteiger partial charge in [0, 0.05) is 22.0 Å². The summed E-state index contributed by atoms with van der Waals surface area (Å²) in [4.78, 5) is 15.7. The Labute approximate surface area is 155 Å². The van der Waals surface area contributed by atoms with Crippen molar-refractivity contribution in [1.82, 2.24) is 4.90 Å². The van der Waals surface area contributed by atoms with Gasteiger partial charge in [0.2, 0.25) is 5.91 Å². The Morgan fingerprint density at radius 3 is 2.24 bits per heavy atom. The molecule has 0 aliphatic carbocycles. The summed E-state index contributed by atoms with van der Waals surface area (Å²) in [6.07, 6.45) is 2.03. The first-order valence-corrected chi connectivity index (χ1v) is 9.73. The summed E-state index contributed by atoms with van der Waals surface area (Å²) in [6, 6.07) is 14.6. The van der Waals surface area contributed by atoms with Gasteiger partial charge in [-0.05, 0) is 55.3 Å². The van der Waals surface area contributed by atoms with Gasteiger partial charge in [-0.3, -0.25) is 9.69 Å². The van der Waals surface area contributed by atoms with Gasteiger partial charge in [-0.1, -0.05) is 23.9 Å². The number of nitrogens with zero attached hydrogens (tertiary/aromatic N) is 1. The Kier molecular flexibility index (Phi) is 7.74. The maximum atomic E-state index is 12.3. The fourth-order valence-corrected chi connectivity index (χ4v) is 3.17. The van der Waals surface area contributed by atoms with E-state index in [1.807, 2.05) is 18.2 Å². The van der Waals surface area contributed by atoms with Crippen LogP contribution in [-0.4, -0.2) is 36.4 Å². The minimum Gasteiger partial charge on any atom is -0.325 e. The molecule has 134 valence electrons. The van der Waals surface area contributed by atoms with E-state index in [4.69, 9.17) is 0 Å². The molecule has 0 atom stereocenters. The van der Waals surface area contributed by atoms with Gasteiger partial charge in [0.05, 0.1) is 6.54 Å². The number of anilines is 1. The molecule has 25 heavy (non-hydrogen) atoms. The van der Waals surface area contributed by atoms with Crippen LogP contribution in [0.4, 0.5) is 14.5 Å².